The van der Waals surface area contributed by atoms with Crippen LogP contribution in [0.25, 0.3) is 16.2 Å². The van der Waals surface area contributed by atoms with Crippen LogP contribution in [-0.2, 0) is 6.54 Å². The largest absolute Gasteiger partial charge is 0.356 e. The van der Waals surface area contributed by atoms with Gasteiger partial charge in [0, 0.05) is 24.5 Å². The molecule has 0 amide bonds. The molecule has 4 aromatic rings. The van der Waals surface area contributed by atoms with Gasteiger partial charge in [-0.25, -0.2) is 9.50 Å². The molecule has 0 atom stereocenters. The van der Waals surface area contributed by atoms with Gasteiger partial charge in [-0.2, -0.15) is 0 Å². The van der Waals surface area contributed by atoms with E-state index in [2.05, 4.69) is 53.5 Å². The molecule has 0 bridgehead atoms. The maximum absolute atomic E-state index is 4.70. The van der Waals surface area contributed by atoms with E-state index >= 15 is 0 Å². The van der Waals surface area contributed by atoms with Crippen LogP contribution in [0.15, 0.2) is 55.0 Å². The van der Waals surface area contributed by atoms with E-state index in [9.17, 15) is 0 Å². The fraction of sp³-hybridized carbons (Fsp3) is 0.211. The van der Waals surface area contributed by atoms with Crippen LogP contribution in [0.5, 0.6) is 0 Å². The van der Waals surface area contributed by atoms with Crippen LogP contribution in [0.4, 0.5) is 5.13 Å². The summed E-state index contributed by atoms with van der Waals surface area (Å²) in [5, 5.41) is 8.76. The zero-order valence-electron chi connectivity index (χ0n) is 14.2. The van der Waals surface area contributed by atoms with Gasteiger partial charge in [0.1, 0.15) is 0 Å². The summed E-state index contributed by atoms with van der Waals surface area (Å²) in [6.45, 7) is 5.13. The quantitative estimate of drug-likeness (QED) is 0.572. The first-order valence-corrected chi connectivity index (χ1v) is 9.10. The lowest BCUT2D eigenvalue weighted by atomic mass is 10.0. The van der Waals surface area contributed by atoms with Gasteiger partial charge in [-0.05, 0) is 29.2 Å². The van der Waals surface area contributed by atoms with Crippen molar-refractivity contribution >= 4 is 21.4 Å². The highest BCUT2D eigenvalue weighted by molar-refractivity contribution is 7.20. The van der Waals surface area contributed by atoms with Crippen molar-refractivity contribution in [3.05, 3.63) is 66.1 Å². The number of benzene rings is 1. The van der Waals surface area contributed by atoms with Crippen LogP contribution >= 0.6 is 11.3 Å². The number of nitrogens with zero attached hydrogens (tertiary/aromatic N) is 4. The monoisotopic (exact) mass is 349 g/mol. The van der Waals surface area contributed by atoms with Crippen molar-refractivity contribution < 1.29 is 0 Å². The molecular formula is C19H19N5S. The first kappa shape index (κ1) is 15.8. The molecule has 3 aromatic heterocycles. The van der Waals surface area contributed by atoms with Gasteiger partial charge in [-0.1, -0.05) is 49.4 Å². The number of imidazole rings is 1. The third-order valence-corrected chi connectivity index (χ3v) is 4.99. The number of rotatable bonds is 5. The second kappa shape index (κ2) is 6.64. The minimum absolute atomic E-state index is 0.537. The van der Waals surface area contributed by atoms with Crippen LogP contribution in [0.2, 0.25) is 0 Å². The Hall–Kier alpha value is -2.73. The predicted molar refractivity (Wildman–Crippen MR) is 102 cm³/mol. The molecule has 0 fully saturated rings. The molecule has 1 N–H and O–H groups in total. The van der Waals surface area contributed by atoms with E-state index in [1.165, 1.54) is 11.1 Å². The maximum atomic E-state index is 4.70. The molecule has 0 saturated heterocycles. The molecule has 1 aromatic carbocycles. The second-order valence-corrected chi connectivity index (χ2v) is 7.20. The van der Waals surface area contributed by atoms with E-state index < -0.39 is 0 Å². The summed E-state index contributed by atoms with van der Waals surface area (Å²) in [4.78, 5) is 9.62. The lowest BCUT2D eigenvalue weighted by Gasteiger charge is -2.05. The van der Waals surface area contributed by atoms with Gasteiger partial charge in [0.15, 0.2) is 0 Å². The molecule has 25 heavy (non-hydrogen) atoms. The van der Waals surface area contributed by atoms with Crippen molar-refractivity contribution in [2.24, 2.45) is 0 Å². The Labute approximate surface area is 150 Å². The minimum Gasteiger partial charge on any atom is -0.356 e. The van der Waals surface area contributed by atoms with Crippen molar-refractivity contribution in [1.82, 2.24) is 19.6 Å². The number of hydrogen-bond acceptors (Lipinski definition) is 5. The van der Waals surface area contributed by atoms with Crippen LogP contribution < -0.4 is 5.32 Å². The number of aromatic nitrogens is 4. The average molecular weight is 349 g/mol. The second-order valence-electron chi connectivity index (χ2n) is 6.25. The molecule has 4 rings (SSSR count). The fourth-order valence-corrected chi connectivity index (χ4v) is 3.40. The number of pyridine rings is 1. The number of fused-ring (bicyclic) bond motifs is 1. The van der Waals surface area contributed by atoms with Gasteiger partial charge in [-0.15, -0.1) is 5.10 Å². The summed E-state index contributed by atoms with van der Waals surface area (Å²) in [6.07, 6.45) is 5.57. The van der Waals surface area contributed by atoms with Crippen molar-refractivity contribution in [3.8, 4) is 11.3 Å². The smallest absolute Gasteiger partial charge is 0.214 e. The number of nitrogens with one attached hydrogen (secondary N) is 1. The molecule has 3 heterocycles. The summed E-state index contributed by atoms with van der Waals surface area (Å²) in [6, 6.07) is 12.6. The Morgan fingerprint density at radius 1 is 1.08 bits per heavy atom. The Morgan fingerprint density at radius 3 is 2.52 bits per heavy atom. The molecule has 6 heteroatoms. The summed E-state index contributed by atoms with van der Waals surface area (Å²) >= 11 is 1.55. The maximum Gasteiger partial charge on any atom is 0.214 e. The van der Waals surface area contributed by atoms with Crippen LogP contribution in [0, 0.1) is 0 Å². The topological polar surface area (TPSA) is 55.1 Å². The van der Waals surface area contributed by atoms with Gasteiger partial charge < -0.3 is 5.32 Å². The van der Waals surface area contributed by atoms with E-state index in [4.69, 9.17) is 4.98 Å². The van der Waals surface area contributed by atoms with Crippen molar-refractivity contribution in [3.63, 3.8) is 0 Å². The van der Waals surface area contributed by atoms with E-state index in [0.717, 1.165) is 27.9 Å². The van der Waals surface area contributed by atoms with E-state index in [0.29, 0.717) is 5.92 Å². The van der Waals surface area contributed by atoms with Crippen molar-refractivity contribution in [2.75, 3.05) is 5.32 Å². The Kier molecular flexibility index (Phi) is 4.19. The SMILES string of the molecule is CC(C)c1ccc(-c2cn3nc(NCc4ccncc4)sc3n2)cc1. The van der Waals surface area contributed by atoms with E-state index in [1.807, 2.05) is 22.8 Å². The van der Waals surface area contributed by atoms with E-state index in [-0.39, 0.29) is 0 Å². The first-order valence-electron chi connectivity index (χ1n) is 8.28. The van der Waals surface area contributed by atoms with Crippen LogP contribution in [0.1, 0.15) is 30.9 Å². The summed E-state index contributed by atoms with van der Waals surface area (Å²) in [5.74, 6) is 0.537. The molecule has 126 valence electrons. The highest BCUT2D eigenvalue weighted by Crippen LogP contribution is 2.26. The van der Waals surface area contributed by atoms with Crippen molar-refractivity contribution in [2.45, 2.75) is 26.3 Å². The average Bonchev–Trinajstić information content (AvgIpc) is 3.19. The third-order valence-electron chi connectivity index (χ3n) is 4.11. The lowest BCUT2D eigenvalue weighted by Crippen LogP contribution is -1.99. The zero-order chi connectivity index (χ0) is 17.2. The highest BCUT2D eigenvalue weighted by atomic mass is 32.1. The fourth-order valence-electron chi connectivity index (χ4n) is 2.63. The molecular weight excluding hydrogens is 330 g/mol. The highest BCUT2D eigenvalue weighted by Gasteiger charge is 2.10. The van der Waals surface area contributed by atoms with Gasteiger partial charge in [-0.3, -0.25) is 4.98 Å². The van der Waals surface area contributed by atoms with Gasteiger partial charge in [0.2, 0.25) is 10.1 Å². The Bertz CT molecular complexity index is 939. The zero-order valence-corrected chi connectivity index (χ0v) is 15.0. The van der Waals surface area contributed by atoms with Crippen LogP contribution in [-0.4, -0.2) is 19.6 Å². The Balaban J connectivity index is 1.51. The molecule has 0 saturated carbocycles. The van der Waals surface area contributed by atoms with Gasteiger partial charge >= 0.3 is 0 Å². The molecule has 0 spiro atoms. The van der Waals surface area contributed by atoms with E-state index in [1.54, 1.807) is 23.7 Å². The predicted octanol–water partition coefficient (Wildman–Crippen LogP) is 4.59. The van der Waals surface area contributed by atoms with Gasteiger partial charge in [0.05, 0.1) is 11.9 Å². The molecule has 0 radical (unpaired) electrons. The standard InChI is InChI=1S/C19H19N5S/c1-13(2)15-3-5-16(6-4-15)17-12-24-19(22-17)25-18(23-24)21-11-14-7-9-20-10-8-14/h3-10,12-13H,11H2,1-2H3,(H,21,23). The summed E-state index contributed by atoms with van der Waals surface area (Å²) in [5.41, 5.74) is 4.59. The molecule has 5 nitrogen and oxygen atoms in total. The molecule has 0 aliphatic carbocycles. The molecule has 0 aliphatic heterocycles. The minimum atomic E-state index is 0.537. The number of hydrogen-bond donors (Lipinski definition) is 1. The molecule has 0 unspecified atom stereocenters. The van der Waals surface area contributed by atoms with Crippen LogP contribution in [0.3, 0.4) is 0 Å². The van der Waals surface area contributed by atoms with Gasteiger partial charge in [0.25, 0.3) is 0 Å². The Morgan fingerprint density at radius 2 is 1.84 bits per heavy atom. The summed E-state index contributed by atoms with van der Waals surface area (Å²) in [7, 11) is 0. The summed E-state index contributed by atoms with van der Waals surface area (Å²) < 4.78 is 1.84. The lowest BCUT2D eigenvalue weighted by molar-refractivity contribution is 0.867. The van der Waals surface area contributed by atoms with Crippen molar-refractivity contribution in [1.29, 1.82) is 0 Å². The molecule has 0 aliphatic rings. The normalized spacial score (nSPS) is 11.3. The first-order chi connectivity index (χ1) is 12.2. The third kappa shape index (κ3) is 3.39. The number of anilines is 1.